The average Bonchev–Trinajstić information content (AvgIpc) is 2.75. The lowest BCUT2D eigenvalue weighted by atomic mass is 9.84. The molecule has 0 unspecified atom stereocenters. The van der Waals surface area contributed by atoms with E-state index in [0.717, 1.165) is 0 Å². The summed E-state index contributed by atoms with van der Waals surface area (Å²) in [6.07, 6.45) is 0. The van der Waals surface area contributed by atoms with Gasteiger partial charge in [-0.3, -0.25) is 0 Å². The van der Waals surface area contributed by atoms with Gasteiger partial charge < -0.3 is 20.4 Å². The molecule has 0 aliphatic carbocycles. The molecule has 8 nitrogen and oxygen atoms in total. The highest BCUT2D eigenvalue weighted by Crippen LogP contribution is 2.47. The average molecular weight is 586 g/mol. The number of benzene rings is 5. The lowest BCUT2D eigenvalue weighted by molar-refractivity contribution is 0.0680. The Kier molecular flexibility index (Phi) is 4.78. The summed E-state index contributed by atoms with van der Waals surface area (Å²) in [6, 6.07) is 8.45. The number of carboxylic acid groups (broad SMARTS) is 4. The molecule has 4 N–H and O–H groups in total. The first-order valence-electron chi connectivity index (χ1n) is 9.56. The van der Waals surface area contributed by atoms with Gasteiger partial charge in [-0.05, 0) is 61.7 Å². The summed E-state index contributed by atoms with van der Waals surface area (Å²) < 4.78 is 0.477. The molecule has 0 radical (unpaired) electrons. The molecular formula is C24H10Br2O8. The fraction of sp³-hybridized carbons (Fsp3) is 0. The minimum absolute atomic E-state index is 0.0113. The van der Waals surface area contributed by atoms with Crippen LogP contribution in [0.1, 0.15) is 41.4 Å². The van der Waals surface area contributed by atoms with Gasteiger partial charge in [0.25, 0.3) is 0 Å². The molecule has 0 spiro atoms. The second-order valence-corrected chi connectivity index (χ2v) is 9.31. The van der Waals surface area contributed by atoms with Gasteiger partial charge in [0.05, 0.1) is 22.3 Å². The van der Waals surface area contributed by atoms with Crippen molar-refractivity contribution in [3.63, 3.8) is 0 Å². The van der Waals surface area contributed by atoms with Gasteiger partial charge in [-0.2, -0.15) is 0 Å². The van der Waals surface area contributed by atoms with Crippen molar-refractivity contribution in [2.45, 2.75) is 0 Å². The maximum atomic E-state index is 12.1. The number of halogens is 2. The molecule has 0 bridgehead atoms. The van der Waals surface area contributed by atoms with Crippen molar-refractivity contribution < 1.29 is 39.6 Å². The normalized spacial score (nSPS) is 11.6. The molecule has 0 atom stereocenters. The number of carboxylic acids is 4. The Labute approximate surface area is 205 Å². The monoisotopic (exact) mass is 584 g/mol. The van der Waals surface area contributed by atoms with Gasteiger partial charge in [-0.25, -0.2) is 19.2 Å². The summed E-state index contributed by atoms with van der Waals surface area (Å²) in [5, 5.41) is 41.8. The van der Waals surface area contributed by atoms with Crippen molar-refractivity contribution in [3.8, 4) is 0 Å². The summed E-state index contributed by atoms with van der Waals surface area (Å²) in [5.41, 5.74) is -0.849. The molecule has 0 fully saturated rings. The molecule has 0 saturated carbocycles. The van der Waals surface area contributed by atoms with Crippen molar-refractivity contribution in [1.82, 2.24) is 0 Å². The lowest BCUT2D eigenvalue weighted by Crippen LogP contribution is -2.08. The smallest absolute Gasteiger partial charge is 0.337 e. The third kappa shape index (κ3) is 2.82. The first-order valence-corrected chi connectivity index (χ1v) is 11.2. The van der Waals surface area contributed by atoms with Crippen LogP contribution in [0.3, 0.4) is 0 Å². The minimum atomic E-state index is -1.32. The van der Waals surface area contributed by atoms with E-state index in [1.54, 1.807) is 0 Å². The first-order chi connectivity index (χ1) is 16.0. The molecule has 0 aliphatic rings. The highest BCUT2D eigenvalue weighted by molar-refractivity contribution is 9.11. The van der Waals surface area contributed by atoms with Crippen LogP contribution < -0.4 is 0 Å². The Morgan fingerprint density at radius 3 is 1.62 bits per heavy atom. The van der Waals surface area contributed by atoms with E-state index < -0.39 is 23.9 Å². The van der Waals surface area contributed by atoms with E-state index in [4.69, 9.17) is 0 Å². The fourth-order valence-corrected chi connectivity index (χ4v) is 5.95. The number of aromatic carboxylic acids is 4. The summed E-state index contributed by atoms with van der Waals surface area (Å²) in [4.78, 5) is 48.2. The van der Waals surface area contributed by atoms with E-state index in [0.29, 0.717) is 36.8 Å². The lowest BCUT2D eigenvalue weighted by Gasteiger charge is -2.20. The third-order valence-corrected chi connectivity index (χ3v) is 7.18. The third-order valence-electron chi connectivity index (χ3n) is 5.93. The number of carbonyl (C=O) groups is 4. The van der Waals surface area contributed by atoms with E-state index in [-0.39, 0.29) is 37.5 Å². The Morgan fingerprint density at radius 2 is 1.06 bits per heavy atom. The zero-order valence-electron chi connectivity index (χ0n) is 16.6. The van der Waals surface area contributed by atoms with E-state index in [2.05, 4.69) is 31.9 Å². The molecule has 0 amide bonds. The largest absolute Gasteiger partial charge is 0.478 e. The molecule has 0 aromatic heterocycles. The molecule has 34 heavy (non-hydrogen) atoms. The number of rotatable bonds is 4. The Hall–Kier alpha value is -3.76. The molecular weight excluding hydrogens is 576 g/mol. The molecule has 10 heteroatoms. The van der Waals surface area contributed by atoms with Crippen LogP contribution in [0, 0.1) is 0 Å². The van der Waals surface area contributed by atoms with Gasteiger partial charge >= 0.3 is 23.9 Å². The van der Waals surface area contributed by atoms with Crippen LogP contribution in [0.5, 0.6) is 0 Å². The summed E-state index contributed by atoms with van der Waals surface area (Å²) in [5.74, 6) is -5.25. The Balaban J connectivity index is 2.24. The van der Waals surface area contributed by atoms with Crippen molar-refractivity contribution in [2.75, 3.05) is 0 Å². The highest BCUT2D eigenvalue weighted by Gasteiger charge is 2.28. The number of hydrogen-bond donors (Lipinski definition) is 4. The molecule has 0 heterocycles. The minimum Gasteiger partial charge on any atom is -0.478 e. The van der Waals surface area contributed by atoms with Crippen LogP contribution >= 0.6 is 31.9 Å². The first kappa shape index (κ1) is 22.1. The van der Waals surface area contributed by atoms with E-state index in [9.17, 15) is 39.6 Å². The summed E-state index contributed by atoms with van der Waals surface area (Å²) in [6.45, 7) is 0. The van der Waals surface area contributed by atoms with E-state index in [1.807, 2.05) is 0 Å². The van der Waals surface area contributed by atoms with Crippen LogP contribution in [-0.2, 0) is 0 Å². The van der Waals surface area contributed by atoms with Gasteiger partial charge in [-0.15, -0.1) is 0 Å². The maximum Gasteiger partial charge on any atom is 0.337 e. The second-order valence-electron chi connectivity index (χ2n) is 7.60. The molecule has 5 aromatic carbocycles. The standard InChI is InChI=1S/C24H10Br2O8/c25-13-6-12(23(31)32)16-9(21(27)28)3-1-7-11-5-14(26)20(24(33)34)19-10(22(29)30)4-2-8(15(11)19)17(13)18(7)16/h1-6H,(H,27,28)(H,29,30)(H,31,32)(H,33,34). The second kappa shape index (κ2) is 7.37. The number of hydrogen-bond acceptors (Lipinski definition) is 4. The topological polar surface area (TPSA) is 149 Å². The fourth-order valence-electron chi connectivity index (χ4n) is 4.71. The zero-order valence-corrected chi connectivity index (χ0v) is 19.8. The van der Waals surface area contributed by atoms with E-state index >= 15 is 0 Å². The SMILES string of the molecule is O=C(O)c1ccc2c3c(Br)cc(C(=O)O)c4c(C(=O)O)ccc(c5cc(Br)c(C(=O)O)c1c52)c43. The summed E-state index contributed by atoms with van der Waals surface area (Å²) >= 11 is 6.65. The highest BCUT2D eigenvalue weighted by atomic mass is 79.9. The van der Waals surface area contributed by atoms with Crippen molar-refractivity contribution in [3.05, 3.63) is 67.6 Å². The van der Waals surface area contributed by atoms with Gasteiger partial charge in [-0.1, -0.05) is 28.1 Å². The van der Waals surface area contributed by atoms with Crippen LogP contribution in [0.25, 0.3) is 43.1 Å². The van der Waals surface area contributed by atoms with Crippen molar-refractivity contribution in [1.29, 1.82) is 0 Å². The summed E-state index contributed by atoms with van der Waals surface area (Å²) in [7, 11) is 0. The van der Waals surface area contributed by atoms with Crippen molar-refractivity contribution in [2.24, 2.45) is 0 Å². The maximum absolute atomic E-state index is 12.1. The van der Waals surface area contributed by atoms with Crippen molar-refractivity contribution >= 4 is 98.8 Å². The molecule has 0 saturated heterocycles. The van der Waals surface area contributed by atoms with Gasteiger partial charge in [0.2, 0.25) is 0 Å². The van der Waals surface area contributed by atoms with Gasteiger partial charge in [0, 0.05) is 30.5 Å². The number of fused-ring (bicyclic) bond motifs is 2. The van der Waals surface area contributed by atoms with Gasteiger partial charge in [0.15, 0.2) is 0 Å². The Morgan fingerprint density at radius 1 is 0.500 bits per heavy atom. The van der Waals surface area contributed by atoms with Crippen LogP contribution in [0.4, 0.5) is 0 Å². The van der Waals surface area contributed by atoms with Crippen LogP contribution in [0.15, 0.2) is 45.3 Å². The van der Waals surface area contributed by atoms with Gasteiger partial charge in [0.1, 0.15) is 0 Å². The predicted octanol–water partition coefficient (Wildman–Crippen LogP) is 6.06. The van der Waals surface area contributed by atoms with E-state index in [1.165, 1.54) is 36.4 Å². The van der Waals surface area contributed by atoms with Crippen LogP contribution in [0.2, 0.25) is 0 Å². The molecule has 0 aliphatic heterocycles. The quantitative estimate of drug-likeness (QED) is 0.147. The zero-order chi connectivity index (χ0) is 24.6. The Bertz CT molecular complexity index is 1780. The molecule has 5 rings (SSSR count). The predicted molar refractivity (Wildman–Crippen MR) is 131 cm³/mol. The van der Waals surface area contributed by atoms with Crippen LogP contribution in [-0.4, -0.2) is 44.3 Å². The molecule has 5 aromatic rings. The molecule has 168 valence electrons.